The average molecular weight is 346 g/mol. The van der Waals surface area contributed by atoms with Gasteiger partial charge in [0.25, 0.3) is 0 Å². The standard InChI is InChI=1S/C19H26N2O4/c1-19(2,3)25-18(23)21-14-9-10-15(21)16(11-14)24-17(22)20-12-13-7-5-4-6-8-13/h4-8,14-16H,9-12H2,1-3H3,(H,20,22)/t14-,15+,16-/m1/s1. The van der Waals surface area contributed by atoms with E-state index in [2.05, 4.69) is 5.32 Å². The number of fused-ring (bicyclic) bond motifs is 2. The van der Waals surface area contributed by atoms with Gasteiger partial charge in [-0.15, -0.1) is 0 Å². The largest absolute Gasteiger partial charge is 0.444 e. The van der Waals surface area contributed by atoms with Crippen LogP contribution in [0.25, 0.3) is 0 Å². The third-order valence-corrected chi connectivity index (χ3v) is 4.62. The van der Waals surface area contributed by atoms with Gasteiger partial charge in [-0.25, -0.2) is 9.59 Å². The molecule has 0 saturated carbocycles. The van der Waals surface area contributed by atoms with Gasteiger partial charge in [-0.3, -0.25) is 4.90 Å². The molecule has 0 aliphatic carbocycles. The van der Waals surface area contributed by atoms with E-state index in [-0.39, 0.29) is 24.3 Å². The van der Waals surface area contributed by atoms with Gasteiger partial charge in [-0.2, -0.15) is 0 Å². The number of rotatable bonds is 3. The lowest BCUT2D eigenvalue weighted by Gasteiger charge is -2.28. The van der Waals surface area contributed by atoms with Crippen LogP contribution in [0, 0.1) is 0 Å². The Kier molecular flexibility index (Phi) is 4.88. The maximum absolute atomic E-state index is 12.4. The molecule has 25 heavy (non-hydrogen) atoms. The topological polar surface area (TPSA) is 67.9 Å². The first kappa shape index (κ1) is 17.6. The third kappa shape index (κ3) is 4.24. The molecule has 2 aliphatic rings. The van der Waals surface area contributed by atoms with Crippen LogP contribution in [-0.2, 0) is 16.0 Å². The van der Waals surface area contributed by atoms with Crippen LogP contribution in [0.15, 0.2) is 30.3 Å². The minimum Gasteiger partial charge on any atom is -0.444 e. The Labute approximate surface area is 148 Å². The zero-order valence-corrected chi connectivity index (χ0v) is 15.0. The Balaban J connectivity index is 1.52. The van der Waals surface area contributed by atoms with Gasteiger partial charge in [-0.1, -0.05) is 30.3 Å². The second-order valence-corrected chi connectivity index (χ2v) is 7.70. The molecule has 1 N–H and O–H groups in total. The van der Waals surface area contributed by atoms with E-state index in [4.69, 9.17) is 9.47 Å². The summed E-state index contributed by atoms with van der Waals surface area (Å²) in [5, 5.41) is 2.77. The summed E-state index contributed by atoms with van der Waals surface area (Å²) >= 11 is 0. The Bertz CT molecular complexity index is 626. The monoisotopic (exact) mass is 346 g/mol. The van der Waals surface area contributed by atoms with Crippen LogP contribution in [0.4, 0.5) is 9.59 Å². The van der Waals surface area contributed by atoms with E-state index >= 15 is 0 Å². The van der Waals surface area contributed by atoms with Crippen molar-refractivity contribution >= 4 is 12.2 Å². The van der Waals surface area contributed by atoms with Crippen LogP contribution in [0.1, 0.15) is 45.6 Å². The summed E-state index contributed by atoms with van der Waals surface area (Å²) in [5.74, 6) is 0. The predicted octanol–water partition coefficient (Wildman–Crippen LogP) is 3.45. The van der Waals surface area contributed by atoms with Crippen LogP contribution in [0.2, 0.25) is 0 Å². The van der Waals surface area contributed by atoms with Gasteiger partial charge >= 0.3 is 12.2 Å². The van der Waals surface area contributed by atoms with Crippen molar-refractivity contribution in [2.75, 3.05) is 0 Å². The molecule has 136 valence electrons. The molecule has 1 aromatic carbocycles. The normalized spacial score (nSPS) is 24.9. The Morgan fingerprint density at radius 3 is 2.60 bits per heavy atom. The van der Waals surface area contributed by atoms with E-state index in [1.807, 2.05) is 51.1 Å². The molecule has 2 amide bonds. The molecular formula is C19H26N2O4. The number of nitrogens with one attached hydrogen (secondary N) is 1. The highest BCUT2D eigenvalue weighted by Gasteiger charge is 2.51. The van der Waals surface area contributed by atoms with E-state index in [1.54, 1.807) is 4.90 Å². The molecule has 0 unspecified atom stereocenters. The molecule has 2 bridgehead atoms. The fourth-order valence-electron chi connectivity index (χ4n) is 3.61. The van der Waals surface area contributed by atoms with Crippen LogP contribution in [0.3, 0.4) is 0 Å². The van der Waals surface area contributed by atoms with Crippen molar-refractivity contribution in [3.05, 3.63) is 35.9 Å². The van der Waals surface area contributed by atoms with Crippen molar-refractivity contribution < 1.29 is 19.1 Å². The first-order chi connectivity index (χ1) is 11.8. The van der Waals surface area contributed by atoms with Crippen molar-refractivity contribution in [3.8, 4) is 0 Å². The lowest BCUT2D eigenvalue weighted by atomic mass is 9.98. The van der Waals surface area contributed by atoms with E-state index < -0.39 is 11.7 Å². The number of hydrogen-bond acceptors (Lipinski definition) is 4. The van der Waals surface area contributed by atoms with Crippen molar-refractivity contribution in [1.82, 2.24) is 10.2 Å². The van der Waals surface area contributed by atoms with Crippen LogP contribution < -0.4 is 5.32 Å². The van der Waals surface area contributed by atoms with Crippen LogP contribution >= 0.6 is 0 Å². The summed E-state index contributed by atoms with van der Waals surface area (Å²) in [7, 11) is 0. The maximum atomic E-state index is 12.4. The fourth-order valence-corrected chi connectivity index (χ4v) is 3.61. The lowest BCUT2D eigenvalue weighted by Crippen LogP contribution is -2.42. The maximum Gasteiger partial charge on any atom is 0.410 e. The molecule has 1 aromatic rings. The summed E-state index contributed by atoms with van der Waals surface area (Å²) in [6, 6.07) is 9.70. The molecule has 6 heteroatoms. The summed E-state index contributed by atoms with van der Waals surface area (Å²) in [5.41, 5.74) is 0.491. The highest BCUT2D eigenvalue weighted by Crippen LogP contribution is 2.40. The third-order valence-electron chi connectivity index (χ3n) is 4.62. The zero-order chi connectivity index (χ0) is 18.0. The Morgan fingerprint density at radius 1 is 1.20 bits per heavy atom. The highest BCUT2D eigenvalue weighted by molar-refractivity contribution is 5.71. The Morgan fingerprint density at radius 2 is 1.92 bits per heavy atom. The first-order valence-corrected chi connectivity index (χ1v) is 8.83. The number of carbonyl (C=O) groups is 2. The quantitative estimate of drug-likeness (QED) is 0.910. The number of nitrogens with zero attached hydrogens (tertiary/aromatic N) is 1. The number of carbonyl (C=O) groups excluding carboxylic acids is 2. The highest BCUT2D eigenvalue weighted by atomic mass is 16.6. The van der Waals surface area contributed by atoms with Gasteiger partial charge in [0.2, 0.25) is 0 Å². The van der Waals surface area contributed by atoms with Crippen molar-refractivity contribution in [1.29, 1.82) is 0 Å². The van der Waals surface area contributed by atoms with Gasteiger partial charge in [0, 0.05) is 19.0 Å². The molecule has 3 atom stereocenters. The minimum absolute atomic E-state index is 0.0812. The van der Waals surface area contributed by atoms with Gasteiger partial charge in [-0.05, 0) is 39.2 Å². The van der Waals surface area contributed by atoms with Crippen molar-refractivity contribution in [2.45, 2.75) is 70.4 Å². The second kappa shape index (κ2) is 6.94. The Hall–Kier alpha value is -2.24. The lowest BCUT2D eigenvalue weighted by molar-refractivity contribution is 0.0149. The summed E-state index contributed by atoms with van der Waals surface area (Å²) in [6.07, 6.45) is 1.46. The molecule has 2 fully saturated rings. The van der Waals surface area contributed by atoms with E-state index in [0.29, 0.717) is 13.0 Å². The second-order valence-electron chi connectivity index (χ2n) is 7.70. The number of benzene rings is 1. The van der Waals surface area contributed by atoms with Gasteiger partial charge in [0.05, 0.1) is 6.04 Å². The molecule has 2 heterocycles. The number of amides is 2. The van der Waals surface area contributed by atoms with Crippen molar-refractivity contribution in [3.63, 3.8) is 0 Å². The average Bonchev–Trinajstić information content (AvgIpc) is 3.10. The zero-order valence-electron chi connectivity index (χ0n) is 15.0. The molecule has 0 aromatic heterocycles. The molecule has 0 spiro atoms. The van der Waals surface area contributed by atoms with E-state index in [9.17, 15) is 9.59 Å². The summed E-state index contributed by atoms with van der Waals surface area (Å²) < 4.78 is 11.1. The van der Waals surface area contributed by atoms with Gasteiger partial charge < -0.3 is 14.8 Å². The van der Waals surface area contributed by atoms with Crippen LogP contribution in [0.5, 0.6) is 0 Å². The van der Waals surface area contributed by atoms with E-state index in [1.165, 1.54) is 0 Å². The molecule has 6 nitrogen and oxygen atoms in total. The summed E-state index contributed by atoms with van der Waals surface area (Å²) in [4.78, 5) is 26.3. The molecule has 2 aliphatic heterocycles. The summed E-state index contributed by atoms with van der Waals surface area (Å²) in [6.45, 7) is 5.99. The van der Waals surface area contributed by atoms with E-state index in [0.717, 1.165) is 18.4 Å². The fraction of sp³-hybridized carbons (Fsp3) is 0.579. The van der Waals surface area contributed by atoms with Gasteiger partial charge in [0.1, 0.15) is 11.7 Å². The number of hydrogen-bond donors (Lipinski definition) is 1. The first-order valence-electron chi connectivity index (χ1n) is 8.83. The van der Waals surface area contributed by atoms with Crippen molar-refractivity contribution in [2.24, 2.45) is 0 Å². The predicted molar refractivity (Wildman–Crippen MR) is 93.1 cm³/mol. The van der Waals surface area contributed by atoms with Crippen LogP contribution in [-0.4, -0.2) is 40.9 Å². The van der Waals surface area contributed by atoms with Gasteiger partial charge in [0.15, 0.2) is 0 Å². The smallest absolute Gasteiger partial charge is 0.410 e. The SMILES string of the molecule is CC(C)(C)OC(=O)N1[C@@H]2CC[C@H]1[C@H](OC(=O)NCc1ccccc1)C2. The molecule has 2 saturated heterocycles. The number of ether oxygens (including phenoxy) is 2. The number of alkyl carbamates (subject to hydrolysis) is 1. The minimum atomic E-state index is -0.525. The molecular weight excluding hydrogens is 320 g/mol. The molecule has 3 rings (SSSR count). The molecule has 0 radical (unpaired) electrons.